The molecule has 10 heteroatoms. The molecule has 1 aliphatic rings. The zero-order valence-electron chi connectivity index (χ0n) is 17.8. The summed E-state index contributed by atoms with van der Waals surface area (Å²) in [5.74, 6) is -0.531. The Bertz CT molecular complexity index is 1120. The number of nitrogens with zero attached hydrogens (tertiary/aromatic N) is 3. The van der Waals surface area contributed by atoms with Crippen LogP contribution >= 0.6 is 22.9 Å². The number of hydrogen-bond acceptors (Lipinski definition) is 6. The number of hydrogen-bond donors (Lipinski definition) is 2. The van der Waals surface area contributed by atoms with Crippen LogP contribution in [0.15, 0.2) is 53.9 Å². The lowest BCUT2D eigenvalue weighted by Gasteiger charge is -2.33. The number of rotatable bonds is 7. The number of amides is 2. The summed E-state index contributed by atoms with van der Waals surface area (Å²) in [6.45, 7) is 2.86. The van der Waals surface area contributed by atoms with Crippen LogP contribution in [-0.2, 0) is 11.3 Å². The molecular formula is C23H23ClFN5O2S. The molecule has 2 amide bonds. The molecule has 2 heterocycles. The maximum Gasteiger partial charge on any atom is 0.273 e. The van der Waals surface area contributed by atoms with E-state index in [1.165, 1.54) is 23.5 Å². The number of piperazine rings is 1. The van der Waals surface area contributed by atoms with Gasteiger partial charge in [-0.2, -0.15) is 0 Å². The largest absolute Gasteiger partial charge is 0.351 e. The molecule has 2 aromatic carbocycles. The van der Waals surface area contributed by atoms with Crippen LogP contribution in [0.25, 0.3) is 0 Å². The summed E-state index contributed by atoms with van der Waals surface area (Å²) in [5, 5.41) is 8.90. The van der Waals surface area contributed by atoms with E-state index in [0.717, 1.165) is 11.3 Å². The van der Waals surface area contributed by atoms with Crippen LogP contribution in [0.5, 0.6) is 0 Å². The van der Waals surface area contributed by atoms with Crippen molar-refractivity contribution in [3.05, 3.63) is 76.0 Å². The molecule has 172 valence electrons. The monoisotopic (exact) mass is 487 g/mol. The van der Waals surface area contributed by atoms with Gasteiger partial charge < -0.3 is 15.5 Å². The number of anilines is 2. The molecule has 1 aromatic heterocycles. The van der Waals surface area contributed by atoms with Gasteiger partial charge in [-0.1, -0.05) is 35.9 Å². The number of para-hydroxylation sites is 1. The number of nitrogens with one attached hydrogen (secondary N) is 2. The van der Waals surface area contributed by atoms with Crippen molar-refractivity contribution in [2.45, 2.75) is 6.54 Å². The first-order valence-corrected chi connectivity index (χ1v) is 11.7. The highest BCUT2D eigenvalue weighted by Crippen LogP contribution is 2.27. The Hall–Kier alpha value is -3.01. The molecule has 0 radical (unpaired) electrons. The van der Waals surface area contributed by atoms with E-state index >= 15 is 0 Å². The van der Waals surface area contributed by atoms with Gasteiger partial charge in [-0.05, 0) is 29.8 Å². The van der Waals surface area contributed by atoms with E-state index in [-0.39, 0.29) is 24.2 Å². The summed E-state index contributed by atoms with van der Waals surface area (Å²) in [6, 6.07) is 13.4. The highest BCUT2D eigenvalue weighted by Gasteiger charge is 2.25. The van der Waals surface area contributed by atoms with Crippen molar-refractivity contribution in [2.24, 2.45) is 0 Å². The molecule has 0 atom stereocenters. The maximum absolute atomic E-state index is 13.0. The second kappa shape index (κ2) is 10.7. The minimum Gasteiger partial charge on any atom is -0.351 e. The molecule has 1 saturated heterocycles. The smallest absolute Gasteiger partial charge is 0.273 e. The van der Waals surface area contributed by atoms with E-state index in [2.05, 4.69) is 15.6 Å². The molecule has 3 aromatic rings. The molecule has 4 rings (SSSR count). The predicted octanol–water partition coefficient (Wildman–Crippen LogP) is 3.75. The van der Waals surface area contributed by atoms with Crippen molar-refractivity contribution >= 4 is 45.6 Å². The van der Waals surface area contributed by atoms with E-state index < -0.39 is 0 Å². The van der Waals surface area contributed by atoms with Gasteiger partial charge in [-0.3, -0.25) is 14.5 Å². The van der Waals surface area contributed by atoms with Crippen LogP contribution in [0.1, 0.15) is 16.1 Å². The zero-order valence-corrected chi connectivity index (χ0v) is 19.3. The van der Waals surface area contributed by atoms with Gasteiger partial charge in [0.05, 0.1) is 17.3 Å². The second-order valence-corrected chi connectivity index (χ2v) is 8.88. The third-order valence-electron chi connectivity index (χ3n) is 5.27. The fourth-order valence-electron chi connectivity index (χ4n) is 3.44. The quantitative estimate of drug-likeness (QED) is 0.530. The lowest BCUT2D eigenvalue weighted by Crippen LogP contribution is -2.51. The molecule has 0 unspecified atom stereocenters. The molecule has 0 saturated carbocycles. The summed E-state index contributed by atoms with van der Waals surface area (Å²) >= 11 is 7.51. The Balaban J connectivity index is 1.23. The van der Waals surface area contributed by atoms with Crippen molar-refractivity contribution < 1.29 is 14.0 Å². The molecule has 7 nitrogen and oxygen atoms in total. The Morgan fingerprint density at radius 1 is 1.06 bits per heavy atom. The van der Waals surface area contributed by atoms with Crippen LogP contribution in [0.3, 0.4) is 0 Å². The number of carbonyl (C=O) groups is 2. The number of thiazole rings is 1. The Labute approximate surface area is 200 Å². The highest BCUT2D eigenvalue weighted by molar-refractivity contribution is 7.14. The van der Waals surface area contributed by atoms with Crippen LogP contribution in [0, 0.1) is 5.82 Å². The van der Waals surface area contributed by atoms with Crippen LogP contribution in [0.2, 0.25) is 5.02 Å². The molecule has 2 N–H and O–H groups in total. The zero-order chi connectivity index (χ0) is 23.2. The van der Waals surface area contributed by atoms with Gasteiger partial charge in [0.1, 0.15) is 11.5 Å². The fraction of sp³-hybridized carbons (Fsp3) is 0.261. The van der Waals surface area contributed by atoms with Gasteiger partial charge in [-0.15, -0.1) is 11.3 Å². The predicted molar refractivity (Wildman–Crippen MR) is 127 cm³/mol. The third-order valence-corrected chi connectivity index (χ3v) is 6.36. The summed E-state index contributed by atoms with van der Waals surface area (Å²) in [6.07, 6.45) is 0. The first-order chi connectivity index (χ1) is 16.0. The van der Waals surface area contributed by atoms with E-state index in [0.29, 0.717) is 48.6 Å². The Kier molecular flexibility index (Phi) is 7.54. The normalized spacial score (nSPS) is 14.2. The summed E-state index contributed by atoms with van der Waals surface area (Å²) in [4.78, 5) is 33.2. The van der Waals surface area contributed by atoms with E-state index in [1.54, 1.807) is 28.5 Å². The highest BCUT2D eigenvalue weighted by atomic mass is 35.5. The van der Waals surface area contributed by atoms with E-state index in [4.69, 9.17) is 11.6 Å². The van der Waals surface area contributed by atoms with Crippen molar-refractivity contribution in [3.8, 4) is 0 Å². The molecule has 0 bridgehead atoms. The average molecular weight is 488 g/mol. The summed E-state index contributed by atoms with van der Waals surface area (Å²) in [7, 11) is 0. The number of benzene rings is 2. The van der Waals surface area contributed by atoms with Crippen LogP contribution < -0.4 is 10.6 Å². The lowest BCUT2D eigenvalue weighted by atomic mass is 10.2. The summed E-state index contributed by atoms with van der Waals surface area (Å²) in [5.41, 5.74) is 1.96. The van der Waals surface area contributed by atoms with Crippen LogP contribution in [-0.4, -0.2) is 59.3 Å². The SMILES string of the molecule is O=C(CN1CCN(C(=O)c2csc(Nc3ccccc3Cl)n2)CC1)NCc1ccc(F)cc1. The van der Waals surface area contributed by atoms with E-state index in [9.17, 15) is 14.0 Å². The number of halogens is 2. The maximum atomic E-state index is 13.0. The van der Waals surface area contributed by atoms with Gasteiger partial charge in [0.25, 0.3) is 5.91 Å². The molecule has 0 spiro atoms. The molecule has 0 aliphatic carbocycles. The average Bonchev–Trinajstić information content (AvgIpc) is 3.29. The Morgan fingerprint density at radius 3 is 2.52 bits per heavy atom. The van der Waals surface area contributed by atoms with E-state index in [1.807, 2.05) is 23.1 Å². The number of carbonyl (C=O) groups excluding carboxylic acids is 2. The first-order valence-electron chi connectivity index (χ1n) is 10.5. The second-order valence-electron chi connectivity index (χ2n) is 7.61. The molecule has 33 heavy (non-hydrogen) atoms. The van der Waals surface area contributed by atoms with Crippen molar-refractivity contribution in [1.29, 1.82) is 0 Å². The standard InChI is InChI=1S/C23H23ClFN5O2S/c24-18-3-1-2-4-19(18)27-23-28-20(15-33-23)22(32)30-11-9-29(10-12-30)14-21(31)26-13-16-5-7-17(25)8-6-16/h1-8,15H,9-14H2,(H,26,31)(H,27,28). The Morgan fingerprint density at radius 2 is 1.79 bits per heavy atom. The number of aromatic nitrogens is 1. The lowest BCUT2D eigenvalue weighted by molar-refractivity contribution is -0.122. The fourth-order valence-corrected chi connectivity index (χ4v) is 4.32. The third kappa shape index (κ3) is 6.28. The van der Waals surface area contributed by atoms with Crippen LogP contribution in [0.4, 0.5) is 15.2 Å². The summed E-state index contributed by atoms with van der Waals surface area (Å²) < 4.78 is 13.0. The molecule has 1 fully saturated rings. The topological polar surface area (TPSA) is 77.6 Å². The van der Waals surface area contributed by atoms with Crippen molar-refractivity contribution in [1.82, 2.24) is 20.1 Å². The minimum absolute atomic E-state index is 0.103. The molecular weight excluding hydrogens is 465 g/mol. The van der Waals surface area contributed by atoms with Gasteiger partial charge in [0.2, 0.25) is 5.91 Å². The van der Waals surface area contributed by atoms with Gasteiger partial charge in [0, 0.05) is 38.1 Å². The van der Waals surface area contributed by atoms with Gasteiger partial charge >= 0.3 is 0 Å². The molecule has 1 aliphatic heterocycles. The van der Waals surface area contributed by atoms with Gasteiger partial charge in [-0.25, -0.2) is 9.37 Å². The minimum atomic E-state index is -0.303. The van der Waals surface area contributed by atoms with Crippen molar-refractivity contribution in [3.63, 3.8) is 0 Å². The first kappa shape index (κ1) is 23.2. The van der Waals surface area contributed by atoms with Gasteiger partial charge in [0.15, 0.2) is 5.13 Å². The van der Waals surface area contributed by atoms with Crippen molar-refractivity contribution in [2.75, 3.05) is 38.0 Å².